The maximum atomic E-state index is 11.4. The summed E-state index contributed by atoms with van der Waals surface area (Å²) in [5.41, 5.74) is 1.12. The first kappa shape index (κ1) is 10.2. The molecule has 1 heterocycles. The number of aryl methyl sites for hydroxylation is 1. The van der Waals surface area contributed by atoms with E-state index in [0.29, 0.717) is 0 Å². The summed E-state index contributed by atoms with van der Waals surface area (Å²) in [6, 6.07) is 2.03. The molecule has 2 rings (SSSR count). The highest BCUT2D eigenvalue weighted by Gasteiger charge is 2.23. The SMILES string of the molecule is COCC(=O)NC1CCCc2occc21. The van der Waals surface area contributed by atoms with E-state index in [2.05, 4.69) is 5.32 Å². The van der Waals surface area contributed by atoms with Gasteiger partial charge in [-0.05, 0) is 18.9 Å². The molecule has 1 aromatic heterocycles. The third-order valence-corrected chi connectivity index (χ3v) is 2.66. The summed E-state index contributed by atoms with van der Waals surface area (Å²) >= 11 is 0. The predicted octanol–water partition coefficient (Wildman–Crippen LogP) is 1.42. The number of furan rings is 1. The number of hydrogen-bond acceptors (Lipinski definition) is 3. The molecule has 0 bridgehead atoms. The number of methoxy groups -OCH3 is 1. The molecule has 0 saturated carbocycles. The molecule has 1 aliphatic rings. The van der Waals surface area contributed by atoms with E-state index < -0.39 is 0 Å². The zero-order chi connectivity index (χ0) is 10.7. The second-order valence-electron chi connectivity index (χ2n) is 3.74. The van der Waals surface area contributed by atoms with Crippen LogP contribution in [0.15, 0.2) is 16.7 Å². The lowest BCUT2D eigenvalue weighted by atomic mass is 9.93. The number of carbonyl (C=O) groups is 1. The first-order valence-electron chi connectivity index (χ1n) is 5.16. The van der Waals surface area contributed by atoms with E-state index in [4.69, 9.17) is 9.15 Å². The van der Waals surface area contributed by atoms with Crippen molar-refractivity contribution in [3.8, 4) is 0 Å². The molecule has 1 atom stereocenters. The lowest BCUT2D eigenvalue weighted by Gasteiger charge is -2.22. The summed E-state index contributed by atoms with van der Waals surface area (Å²) in [4.78, 5) is 11.4. The standard InChI is InChI=1S/C11H15NO3/c1-14-7-11(13)12-9-3-2-4-10-8(9)5-6-15-10/h5-6,9H,2-4,7H2,1H3,(H,12,13). The number of carbonyl (C=O) groups excluding carboxylic acids is 1. The van der Waals surface area contributed by atoms with Crippen molar-refractivity contribution in [2.75, 3.05) is 13.7 Å². The average molecular weight is 209 g/mol. The molecule has 0 spiro atoms. The predicted molar refractivity (Wildman–Crippen MR) is 54.4 cm³/mol. The highest BCUT2D eigenvalue weighted by atomic mass is 16.5. The van der Waals surface area contributed by atoms with Crippen LogP contribution in [0.25, 0.3) is 0 Å². The molecule has 1 unspecified atom stereocenters. The van der Waals surface area contributed by atoms with Crippen molar-refractivity contribution in [1.82, 2.24) is 5.32 Å². The number of hydrogen-bond donors (Lipinski definition) is 1. The number of rotatable bonds is 3. The topological polar surface area (TPSA) is 51.5 Å². The molecule has 4 nitrogen and oxygen atoms in total. The zero-order valence-electron chi connectivity index (χ0n) is 8.79. The van der Waals surface area contributed by atoms with E-state index in [9.17, 15) is 4.79 Å². The van der Waals surface area contributed by atoms with Crippen molar-refractivity contribution in [2.24, 2.45) is 0 Å². The quantitative estimate of drug-likeness (QED) is 0.819. The molecule has 4 heteroatoms. The zero-order valence-corrected chi connectivity index (χ0v) is 8.79. The minimum atomic E-state index is -0.0726. The second-order valence-corrected chi connectivity index (χ2v) is 3.74. The van der Waals surface area contributed by atoms with Gasteiger partial charge >= 0.3 is 0 Å². The van der Waals surface area contributed by atoms with Crippen molar-refractivity contribution in [3.63, 3.8) is 0 Å². The van der Waals surface area contributed by atoms with Crippen LogP contribution in [0.3, 0.4) is 0 Å². The third-order valence-electron chi connectivity index (χ3n) is 2.66. The number of ether oxygens (including phenoxy) is 1. The van der Waals surface area contributed by atoms with Gasteiger partial charge in [-0.2, -0.15) is 0 Å². The van der Waals surface area contributed by atoms with Crippen molar-refractivity contribution in [3.05, 3.63) is 23.7 Å². The van der Waals surface area contributed by atoms with Gasteiger partial charge in [0.05, 0.1) is 12.3 Å². The van der Waals surface area contributed by atoms with Gasteiger partial charge in [-0.15, -0.1) is 0 Å². The van der Waals surface area contributed by atoms with Crippen LogP contribution >= 0.6 is 0 Å². The Morgan fingerprint density at radius 2 is 2.60 bits per heavy atom. The van der Waals surface area contributed by atoms with Gasteiger partial charge in [0.1, 0.15) is 12.4 Å². The van der Waals surface area contributed by atoms with E-state index in [1.807, 2.05) is 6.07 Å². The van der Waals surface area contributed by atoms with E-state index >= 15 is 0 Å². The fraction of sp³-hybridized carbons (Fsp3) is 0.545. The molecule has 0 aromatic carbocycles. The number of amides is 1. The molecule has 1 aromatic rings. The van der Waals surface area contributed by atoms with Crippen LogP contribution < -0.4 is 5.32 Å². The van der Waals surface area contributed by atoms with Crippen LogP contribution in [0.5, 0.6) is 0 Å². The molecule has 0 aliphatic heterocycles. The minimum absolute atomic E-state index is 0.0726. The van der Waals surface area contributed by atoms with Gasteiger partial charge in [0.15, 0.2) is 0 Å². The van der Waals surface area contributed by atoms with Crippen molar-refractivity contribution in [1.29, 1.82) is 0 Å². The van der Waals surface area contributed by atoms with Gasteiger partial charge in [0.25, 0.3) is 0 Å². The Morgan fingerprint density at radius 1 is 1.73 bits per heavy atom. The maximum Gasteiger partial charge on any atom is 0.246 e. The average Bonchev–Trinajstić information content (AvgIpc) is 2.67. The lowest BCUT2D eigenvalue weighted by Crippen LogP contribution is -2.32. The highest BCUT2D eigenvalue weighted by molar-refractivity contribution is 5.77. The normalized spacial score (nSPS) is 19.7. The fourth-order valence-electron chi connectivity index (χ4n) is 2.00. The van der Waals surface area contributed by atoms with Gasteiger partial charge in [-0.25, -0.2) is 0 Å². The Balaban J connectivity index is 2.03. The molecule has 82 valence electrons. The van der Waals surface area contributed by atoms with E-state index in [1.165, 1.54) is 7.11 Å². The largest absolute Gasteiger partial charge is 0.469 e. The second kappa shape index (κ2) is 4.49. The van der Waals surface area contributed by atoms with Crippen molar-refractivity contribution >= 4 is 5.91 Å². The number of fused-ring (bicyclic) bond motifs is 1. The molecule has 15 heavy (non-hydrogen) atoms. The maximum absolute atomic E-state index is 11.4. The van der Waals surface area contributed by atoms with Crippen LogP contribution in [-0.4, -0.2) is 19.6 Å². The molecular weight excluding hydrogens is 194 g/mol. The Hall–Kier alpha value is -1.29. The lowest BCUT2D eigenvalue weighted by molar-refractivity contribution is -0.125. The third kappa shape index (κ3) is 2.21. The summed E-state index contributed by atoms with van der Waals surface area (Å²) in [7, 11) is 1.52. The summed E-state index contributed by atoms with van der Waals surface area (Å²) in [5.74, 6) is 0.931. The highest BCUT2D eigenvalue weighted by Crippen LogP contribution is 2.30. The first-order chi connectivity index (χ1) is 7.31. The number of nitrogens with one attached hydrogen (secondary N) is 1. The van der Waals surface area contributed by atoms with Gasteiger partial charge in [-0.3, -0.25) is 4.79 Å². The smallest absolute Gasteiger partial charge is 0.246 e. The van der Waals surface area contributed by atoms with E-state index in [0.717, 1.165) is 30.6 Å². The van der Waals surface area contributed by atoms with E-state index in [1.54, 1.807) is 6.26 Å². The monoisotopic (exact) mass is 209 g/mol. The van der Waals surface area contributed by atoms with Crippen LogP contribution in [0.1, 0.15) is 30.2 Å². The van der Waals surface area contributed by atoms with Crippen LogP contribution in [0, 0.1) is 0 Å². The summed E-state index contributed by atoms with van der Waals surface area (Å²) in [6.07, 6.45) is 4.69. The van der Waals surface area contributed by atoms with Crippen molar-refractivity contribution < 1.29 is 13.9 Å². The Labute approximate surface area is 88.6 Å². The minimum Gasteiger partial charge on any atom is -0.469 e. The molecular formula is C11H15NO3. The van der Waals surface area contributed by atoms with Crippen LogP contribution in [-0.2, 0) is 16.0 Å². The van der Waals surface area contributed by atoms with Crippen molar-refractivity contribution in [2.45, 2.75) is 25.3 Å². The Morgan fingerprint density at radius 3 is 3.40 bits per heavy atom. The molecule has 1 aliphatic carbocycles. The summed E-state index contributed by atoms with van der Waals surface area (Å²) in [5, 5.41) is 2.94. The van der Waals surface area contributed by atoms with Gasteiger partial charge < -0.3 is 14.5 Å². The molecule has 1 N–H and O–H groups in total. The van der Waals surface area contributed by atoms with Gasteiger partial charge in [-0.1, -0.05) is 0 Å². The summed E-state index contributed by atoms with van der Waals surface area (Å²) < 4.78 is 10.1. The van der Waals surface area contributed by atoms with Crippen LogP contribution in [0.4, 0.5) is 0 Å². The summed E-state index contributed by atoms with van der Waals surface area (Å²) in [6.45, 7) is 0.115. The molecule has 0 radical (unpaired) electrons. The molecule has 1 amide bonds. The Bertz CT molecular complexity index is 345. The fourth-order valence-corrected chi connectivity index (χ4v) is 2.00. The molecule has 0 fully saturated rings. The van der Waals surface area contributed by atoms with Crippen LogP contribution in [0.2, 0.25) is 0 Å². The molecule has 0 saturated heterocycles. The van der Waals surface area contributed by atoms with E-state index in [-0.39, 0.29) is 18.6 Å². The van der Waals surface area contributed by atoms with Gasteiger partial charge in [0.2, 0.25) is 5.91 Å². The first-order valence-corrected chi connectivity index (χ1v) is 5.16. The Kier molecular flexibility index (Phi) is 3.06. The van der Waals surface area contributed by atoms with Gasteiger partial charge in [0, 0.05) is 19.1 Å².